The molecule has 6 rings (SSSR count). The van der Waals surface area contributed by atoms with E-state index in [4.69, 9.17) is 16.3 Å². The van der Waals surface area contributed by atoms with Crippen LogP contribution in [0.2, 0.25) is 5.02 Å². The summed E-state index contributed by atoms with van der Waals surface area (Å²) in [5, 5.41) is 4.53. The molecule has 8 nitrogen and oxygen atoms in total. The van der Waals surface area contributed by atoms with Gasteiger partial charge in [0.25, 0.3) is 0 Å². The first kappa shape index (κ1) is 25.3. The summed E-state index contributed by atoms with van der Waals surface area (Å²) >= 11 is 6.62. The van der Waals surface area contributed by atoms with E-state index in [1.165, 1.54) is 12.8 Å². The van der Waals surface area contributed by atoms with Gasteiger partial charge in [0.05, 0.1) is 16.2 Å². The molecule has 2 aliphatic rings. The largest absolute Gasteiger partial charge is 0.486 e. The third kappa shape index (κ3) is 5.57. The molecule has 39 heavy (non-hydrogen) atoms. The molecule has 2 aromatic heterocycles. The average Bonchev–Trinajstić information content (AvgIpc) is 3.48. The Morgan fingerprint density at radius 2 is 1.95 bits per heavy atom. The second kappa shape index (κ2) is 11.4. The Labute approximate surface area is 232 Å². The lowest BCUT2D eigenvalue weighted by Gasteiger charge is -2.31. The number of benzene rings is 2. The highest BCUT2D eigenvalue weighted by molar-refractivity contribution is 6.32. The summed E-state index contributed by atoms with van der Waals surface area (Å²) in [7, 11) is 0. The number of carbonyl (C=O) groups is 1. The number of likely N-dealkylation sites (tertiary alicyclic amines) is 1. The Morgan fingerprint density at radius 1 is 1.05 bits per heavy atom. The van der Waals surface area contributed by atoms with E-state index in [-0.39, 0.29) is 5.91 Å². The fourth-order valence-corrected chi connectivity index (χ4v) is 5.45. The SMILES string of the molecule is O=C(/C=C/CN1CCCC1)Nc1ccc2ncnc3c2c1CCN3c1ccc(OCc2ccccn2)c(Cl)c1. The van der Waals surface area contributed by atoms with Crippen molar-refractivity contribution in [3.8, 4) is 5.75 Å². The summed E-state index contributed by atoms with van der Waals surface area (Å²) in [5.41, 5.74) is 4.42. The van der Waals surface area contributed by atoms with Gasteiger partial charge < -0.3 is 15.0 Å². The number of aromatic nitrogens is 3. The number of carbonyl (C=O) groups excluding carboxylic acids is 1. The number of nitrogens with one attached hydrogen (secondary N) is 1. The van der Waals surface area contributed by atoms with Gasteiger partial charge >= 0.3 is 0 Å². The molecular formula is C30H29ClN6O2. The summed E-state index contributed by atoms with van der Waals surface area (Å²) in [4.78, 5) is 30.6. The summed E-state index contributed by atoms with van der Waals surface area (Å²) in [6.07, 6.45) is 10.1. The summed E-state index contributed by atoms with van der Waals surface area (Å²) < 4.78 is 5.90. The molecule has 4 aromatic rings. The second-order valence-electron chi connectivity index (χ2n) is 9.71. The third-order valence-electron chi connectivity index (χ3n) is 7.15. The highest BCUT2D eigenvalue weighted by Gasteiger charge is 2.25. The van der Waals surface area contributed by atoms with E-state index in [0.29, 0.717) is 23.9 Å². The van der Waals surface area contributed by atoms with Gasteiger partial charge in [0.15, 0.2) is 0 Å². The number of amides is 1. The Morgan fingerprint density at radius 3 is 2.77 bits per heavy atom. The lowest BCUT2D eigenvalue weighted by atomic mass is 9.98. The van der Waals surface area contributed by atoms with E-state index < -0.39 is 0 Å². The van der Waals surface area contributed by atoms with Crippen molar-refractivity contribution in [3.05, 3.63) is 89.5 Å². The summed E-state index contributed by atoms with van der Waals surface area (Å²) in [6, 6.07) is 15.3. The Kier molecular flexibility index (Phi) is 7.38. The highest BCUT2D eigenvalue weighted by atomic mass is 35.5. The number of nitrogens with zero attached hydrogens (tertiary/aromatic N) is 5. The molecule has 0 saturated carbocycles. The van der Waals surface area contributed by atoms with Crippen LogP contribution in [0, 0.1) is 0 Å². The van der Waals surface area contributed by atoms with Crippen molar-refractivity contribution in [2.75, 3.05) is 36.4 Å². The molecule has 2 aromatic carbocycles. The lowest BCUT2D eigenvalue weighted by molar-refractivity contribution is -0.111. The highest BCUT2D eigenvalue weighted by Crippen LogP contribution is 2.40. The van der Waals surface area contributed by atoms with E-state index in [0.717, 1.165) is 65.4 Å². The average molecular weight is 541 g/mol. The van der Waals surface area contributed by atoms with Crippen LogP contribution in [0.25, 0.3) is 10.9 Å². The van der Waals surface area contributed by atoms with E-state index in [2.05, 4.69) is 30.1 Å². The quantitative estimate of drug-likeness (QED) is 0.294. The van der Waals surface area contributed by atoms with Crippen LogP contribution >= 0.6 is 11.6 Å². The van der Waals surface area contributed by atoms with Crippen LogP contribution in [-0.4, -0.2) is 51.9 Å². The van der Waals surface area contributed by atoms with E-state index in [1.54, 1.807) is 18.6 Å². The predicted molar refractivity (Wildman–Crippen MR) is 154 cm³/mol. The van der Waals surface area contributed by atoms with Crippen molar-refractivity contribution in [1.29, 1.82) is 0 Å². The molecular weight excluding hydrogens is 512 g/mol. The minimum absolute atomic E-state index is 0.126. The molecule has 1 saturated heterocycles. The molecule has 0 aliphatic carbocycles. The van der Waals surface area contributed by atoms with Crippen molar-refractivity contribution >= 4 is 45.6 Å². The zero-order chi connectivity index (χ0) is 26.6. The number of halogens is 1. The molecule has 1 fully saturated rings. The molecule has 0 unspecified atom stereocenters. The molecule has 1 amide bonds. The topological polar surface area (TPSA) is 83.5 Å². The minimum Gasteiger partial charge on any atom is -0.486 e. The zero-order valence-corrected chi connectivity index (χ0v) is 22.3. The van der Waals surface area contributed by atoms with Crippen LogP contribution in [0.5, 0.6) is 5.75 Å². The molecule has 0 radical (unpaired) electrons. The Hall–Kier alpha value is -4.01. The molecule has 4 heterocycles. The zero-order valence-electron chi connectivity index (χ0n) is 21.5. The van der Waals surface area contributed by atoms with Gasteiger partial charge in [-0.2, -0.15) is 0 Å². The summed E-state index contributed by atoms with van der Waals surface area (Å²) in [6.45, 7) is 4.03. The van der Waals surface area contributed by atoms with Crippen LogP contribution in [-0.2, 0) is 17.8 Å². The normalized spacial score (nSPS) is 15.3. The van der Waals surface area contributed by atoms with Gasteiger partial charge in [-0.05, 0) is 80.4 Å². The number of hydrogen-bond acceptors (Lipinski definition) is 7. The molecule has 2 aliphatic heterocycles. The first-order chi connectivity index (χ1) is 19.2. The van der Waals surface area contributed by atoms with Crippen molar-refractivity contribution in [3.63, 3.8) is 0 Å². The van der Waals surface area contributed by atoms with Gasteiger partial charge in [-0.3, -0.25) is 14.7 Å². The van der Waals surface area contributed by atoms with Crippen LogP contribution in [0.3, 0.4) is 0 Å². The number of ether oxygens (including phenoxy) is 1. The first-order valence-electron chi connectivity index (χ1n) is 13.2. The third-order valence-corrected chi connectivity index (χ3v) is 7.45. The van der Waals surface area contributed by atoms with Crippen LogP contribution in [0.4, 0.5) is 17.2 Å². The predicted octanol–water partition coefficient (Wildman–Crippen LogP) is 5.54. The molecule has 0 bridgehead atoms. The Balaban J connectivity index is 1.22. The number of pyridine rings is 1. The van der Waals surface area contributed by atoms with Gasteiger partial charge in [-0.1, -0.05) is 23.7 Å². The van der Waals surface area contributed by atoms with Gasteiger partial charge in [-0.25, -0.2) is 9.97 Å². The maximum absolute atomic E-state index is 12.7. The van der Waals surface area contributed by atoms with Crippen molar-refractivity contribution in [1.82, 2.24) is 19.9 Å². The van der Waals surface area contributed by atoms with Gasteiger partial charge in [0, 0.05) is 42.1 Å². The van der Waals surface area contributed by atoms with Crippen molar-refractivity contribution in [2.45, 2.75) is 25.9 Å². The monoisotopic (exact) mass is 540 g/mol. The summed E-state index contributed by atoms with van der Waals surface area (Å²) in [5.74, 6) is 1.26. The Bertz CT molecular complexity index is 1520. The molecule has 198 valence electrons. The molecule has 0 spiro atoms. The van der Waals surface area contributed by atoms with Crippen LogP contribution in [0.1, 0.15) is 24.1 Å². The smallest absolute Gasteiger partial charge is 0.248 e. The fourth-order valence-electron chi connectivity index (χ4n) is 5.22. The van der Waals surface area contributed by atoms with Crippen molar-refractivity contribution in [2.24, 2.45) is 0 Å². The number of anilines is 3. The standard InChI is InChI=1S/C30H29ClN6O2/c31-24-18-22(8-11-27(24)39-19-21-6-1-2-13-32-21)37-17-12-23-25(9-10-26-29(23)30(37)34-20-33-26)35-28(38)7-5-16-36-14-3-4-15-36/h1-2,5-11,13,18,20H,3-4,12,14-17,19H2,(H,35,38)/b7-5+. The van der Waals surface area contributed by atoms with E-state index in [9.17, 15) is 4.79 Å². The van der Waals surface area contributed by atoms with Gasteiger partial charge in [-0.15, -0.1) is 0 Å². The number of rotatable bonds is 8. The molecule has 0 atom stereocenters. The second-order valence-corrected chi connectivity index (χ2v) is 10.1. The van der Waals surface area contributed by atoms with Gasteiger partial charge in [0.1, 0.15) is 24.5 Å². The minimum atomic E-state index is -0.126. The van der Waals surface area contributed by atoms with Crippen LogP contribution < -0.4 is 15.0 Å². The fraction of sp³-hybridized carbons (Fsp3) is 0.267. The maximum atomic E-state index is 12.7. The van der Waals surface area contributed by atoms with Crippen molar-refractivity contribution < 1.29 is 9.53 Å². The number of hydrogen-bond donors (Lipinski definition) is 1. The van der Waals surface area contributed by atoms with Crippen LogP contribution in [0.15, 0.2) is 73.2 Å². The molecule has 1 N–H and O–H groups in total. The maximum Gasteiger partial charge on any atom is 0.248 e. The van der Waals surface area contributed by atoms with Gasteiger partial charge in [0.2, 0.25) is 5.91 Å². The molecule has 9 heteroatoms. The lowest BCUT2D eigenvalue weighted by Crippen LogP contribution is -2.26. The van der Waals surface area contributed by atoms with E-state index in [1.807, 2.05) is 54.6 Å². The van der Waals surface area contributed by atoms with E-state index >= 15 is 0 Å². The first-order valence-corrected chi connectivity index (χ1v) is 13.6.